The summed E-state index contributed by atoms with van der Waals surface area (Å²) in [5, 5.41) is 27.0. The Labute approximate surface area is 218 Å². The number of carboxylic acids is 1. The summed E-state index contributed by atoms with van der Waals surface area (Å²) in [6, 6.07) is 5.69. The van der Waals surface area contributed by atoms with Crippen molar-refractivity contribution in [2.45, 2.75) is 24.8 Å². The number of halogens is 4. The molecule has 4 rings (SSSR count). The number of fused-ring (bicyclic) bond motifs is 1. The number of H-pyrrole nitrogens is 1. The molecule has 39 heavy (non-hydrogen) atoms. The molecule has 1 aromatic heterocycles. The second-order valence-electron chi connectivity index (χ2n) is 8.67. The van der Waals surface area contributed by atoms with E-state index in [0.29, 0.717) is 22.5 Å². The highest BCUT2D eigenvalue weighted by Crippen LogP contribution is 2.31. The maximum Gasteiger partial charge on any atom is 0.416 e. The van der Waals surface area contributed by atoms with Gasteiger partial charge in [-0.25, -0.2) is 9.38 Å². The lowest BCUT2D eigenvalue weighted by atomic mass is 10.0. The number of alkyl halides is 4. The fraction of sp³-hybridized carbons (Fsp3) is 0.292. The number of aliphatic carboxylic acids is 1. The number of guanidine groups is 1. The predicted octanol–water partition coefficient (Wildman–Crippen LogP) is 2.35. The van der Waals surface area contributed by atoms with Crippen LogP contribution in [0.1, 0.15) is 33.9 Å². The number of benzene rings is 2. The first-order chi connectivity index (χ1) is 18.5. The molecule has 2 atom stereocenters. The highest BCUT2D eigenvalue weighted by atomic mass is 19.4. The Morgan fingerprint density at radius 2 is 1.97 bits per heavy atom. The third-order valence-corrected chi connectivity index (χ3v) is 5.75. The number of aromatic amines is 1. The Morgan fingerprint density at radius 1 is 1.18 bits per heavy atom. The van der Waals surface area contributed by atoms with Gasteiger partial charge in [0.25, 0.3) is 5.91 Å². The van der Waals surface area contributed by atoms with E-state index in [1.807, 2.05) is 0 Å². The molecular weight excluding hydrogens is 526 g/mol. The molecule has 0 aliphatic carbocycles. The Bertz CT molecular complexity index is 1420. The van der Waals surface area contributed by atoms with Crippen LogP contribution in [-0.2, 0) is 15.8 Å². The Morgan fingerprint density at radius 3 is 2.67 bits per heavy atom. The molecule has 1 aliphatic rings. The monoisotopic (exact) mass is 549 g/mol. The van der Waals surface area contributed by atoms with E-state index in [0.717, 1.165) is 18.2 Å². The zero-order chi connectivity index (χ0) is 28.2. The fourth-order valence-electron chi connectivity index (χ4n) is 3.88. The van der Waals surface area contributed by atoms with Gasteiger partial charge in [0.1, 0.15) is 6.17 Å². The van der Waals surface area contributed by atoms with Gasteiger partial charge in [-0.2, -0.15) is 18.3 Å². The van der Waals surface area contributed by atoms with E-state index in [1.165, 1.54) is 24.4 Å². The molecule has 1 aliphatic heterocycles. The molecule has 206 valence electrons. The number of carboxylic acid groups (broad SMARTS) is 1. The van der Waals surface area contributed by atoms with Crippen LogP contribution in [0.5, 0.6) is 0 Å². The molecule has 0 radical (unpaired) electrons. The number of carbonyl (C=O) groups excluding carboxylic acids is 2. The van der Waals surface area contributed by atoms with Crippen molar-refractivity contribution >= 4 is 40.3 Å². The van der Waals surface area contributed by atoms with E-state index in [9.17, 15) is 37.1 Å². The predicted molar refractivity (Wildman–Crippen MR) is 132 cm³/mol. The highest BCUT2D eigenvalue weighted by molar-refractivity contribution is 6.07. The average Bonchev–Trinajstić information content (AvgIpc) is 3.37. The number of nitrogens with one attached hydrogen (secondary N) is 5. The molecule has 0 saturated heterocycles. The summed E-state index contributed by atoms with van der Waals surface area (Å²) < 4.78 is 52.6. The molecule has 0 fully saturated rings. The maximum atomic E-state index is 13.3. The summed E-state index contributed by atoms with van der Waals surface area (Å²) in [5.74, 6) is -2.51. The molecule has 2 aromatic carbocycles. The van der Waals surface area contributed by atoms with Crippen LogP contribution in [0.3, 0.4) is 0 Å². The SMILES string of the molecule is O=C(O)C[C@H](NC(=O)CNC(=O)c1cc(NC2=NCC(F)CN2)c2cn[nH]c2c1)c1cccc(C(F)(F)F)c1. The second-order valence-corrected chi connectivity index (χ2v) is 8.67. The van der Waals surface area contributed by atoms with Crippen LogP contribution in [0.4, 0.5) is 23.2 Å². The molecule has 1 unspecified atom stereocenters. The number of nitrogens with zero attached hydrogens (tertiary/aromatic N) is 2. The first-order valence-electron chi connectivity index (χ1n) is 11.6. The van der Waals surface area contributed by atoms with Gasteiger partial charge in [0, 0.05) is 10.9 Å². The van der Waals surface area contributed by atoms with Crippen LogP contribution in [0.25, 0.3) is 10.9 Å². The van der Waals surface area contributed by atoms with Crippen LogP contribution in [0, 0.1) is 0 Å². The van der Waals surface area contributed by atoms with Gasteiger partial charge in [0.05, 0.1) is 55.1 Å². The van der Waals surface area contributed by atoms with Crippen molar-refractivity contribution in [3.8, 4) is 0 Å². The summed E-state index contributed by atoms with van der Waals surface area (Å²) in [6.07, 6.45) is -4.92. The summed E-state index contributed by atoms with van der Waals surface area (Å²) in [4.78, 5) is 40.7. The van der Waals surface area contributed by atoms with E-state index in [-0.39, 0.29) is 24.2 Å². The molecule has 3 aromatic rings. The summed E-state index contributed by atoms with van der Waals surface area (Å²) in [5.41, 5.74) is 0.00815. The van der Waals surface area contributed by atoms with Gasteiger partial charge in [-0.1, -0.05) is 12.1 Å². The number of hydrogen-bond acceptors (Lipinski definition) is 7. The quantitative estimate of drug-likeness (QED) is 0.235. The van der Waals surface area contributed by atoms with Crippen molar-refractivity contribution in [1.29, 1.82) is 0 Å². The van der Waals surface area contributed by atoms with Gasteiger partial charge < -0.3 is 26.4 Å². The van der Waals surface area contributed by atoms with Crippen LogP contribution in [-0.4, -0.2) is 64.9 Å². The summed E-state index contributed by atoms with van der Waals surface area (Å²) in [6.45, 7) is -0.536. The first kappa shape index (κ1) is 27.3. The largest absolute Gasteiger partial charge is 0.481 e. The van der Waals surface area contributed by atoms with Gasteiger partial charge in [0.2, 0.25) is 5.91 Å². The van der Waals surface area contributed by atoms with Gasteiger partial charge in [0.15, 0.2) is 5.96 Å². The molecule has 0 spiro atoms. The molecule has 0 bridgehead atoms. The molecule has 0 saturated carbocycles. The van der Waals surface area contributed by atoms with Crippen LogP contribution in [0.2, 0.25) is 0 Å². The molecular formula is C24H23F4N7O4. The van der Waals surface area contributed by atoms with Crippen molar-refractivity contribution < 1.29 is 37.1 Å². The lowest BCUT2D eigenvalue weighted by Crippen LogP contribution is -2.41. The van der Waals surface area contributed by atoms with Crippen LogP contribution < -0.4 is 21.3 Å². The fourth-order valence-corrected chi connectivity index (χ4v) is 3.88. The van der Waals surface area contributed by atoms with E-state index in [1.54, 1.807) is 0 Å². The van der Waals surface area contributed by atoms with E-state index < -0.39 is 54.7 Å². The number of amides is 2. The normalized spacial score (nSPS) is 16.1. The molecule has 11 nitrogen and oxygen atoms in total. The maximum absolute atomic E-state index is 13.3. The van der Waals surface area contributed by atoms with Crippen molar-refractivity contribution in [2.24, 2.45) is 4.99 Å². The molecule has 15 heteroatoms. The Balaban J connectivity index is 1.44. The number of carbonyl (C=O) groups is 3. The minimum atomic E-state index is -4.65. The number of rotatable bonds is 8. The third kappa shape index (κ3) is 7.00. The Kier molecular flexibility index (Phi) is 7.97. The minimum absolute atomic E-state index is 0.0253. The third-order valence-electron chi connectivity index (χ3n) is 5.75. The lowest BCUT2D eigenvalue weighted by Gasteiger charge is -2.20. The van der Waals surface area contributed by atoms with E-state index >= 15 is 0 Å². The van der Waals surface area contributed by atoms with Crippen LogP contribution in [0.15, 0.2) is 47.6 Å². The highest BCUT2D eigenvalue weighted by Gasteiger charge is 2.31. The zero-order valence-electron chi connectivity index (χ0n) is 20.1. The number of hydrogen-bond donors (Lipinski definition) is 6. The summed E-state index contributed by atoms with van der Waals surface area (Å²) >= 11 is 0. The van der Waals surface area contributed by atoms with Gasteiger partial charge >= 0.3 is 12.1 Å². The van der Waals surface area contributed by atoms with E-state index in [4.69, 9.17) is 0 Å². The topological polar surface area (TPSA) is 161 Å². The number of anilines is 1. The van der Waals surface area contributed by atoms with Crippen molar-refractivity contribution in [1.82, 2.24) is 26.1 Å². The number of aliphatic imine (C=N–C) groups is 1. The average molecular weight is 549 g/mol. The minimum Gasteiger partial charge on any atom is -0.481 e. The van der Waals surface area contributed by atoms with Gasteiger partial charge in [-0.05, 0) is 29.8 Å². The molecule has 6 N–H and O–H groups in total. The molecule has 2 heterocycles. The van der Waals surface area contributed by atoms with Crippen molar-refractivity contribution in [3.05, 3.63) is 59.3 Å². The number of aromatic nitrogens is 2. The standard InChI is InChI=1S/C24H23F4N7O4/c25-15-8-30-23(31-9-15)34-18-5-13(6-19-16(18)10-32-35-19)22(39)29-11-20(36)33-17(7-21(37)38)12-2-1-3-14(4-12)24(26,27)28/h1-6,10,15,17H,7-9,11H2,(H,29,39)(H,32,35)(H,33,36)(H,37,38)(H2,30,31,34)/t17-/m0/s1. The lowest BCUT2D eigenvalue weighted by molar-refractivity contribution is -0.138. The van der Waals surface area contributed by atoms with Gasteiger partial charge in [-0.3, -0.25) is 19.5 Å². The van der Waals surface area contributed by atoms with Crippen molar-refractivity contribution in [3.63, 3.8) is 0 Å². The van der Waals surface area contributed by atoms with Crippen molar-refractivity contribution in [2.75, 3.05) is 25.0 Å². The first-order valence-corrected chi connectivity index (χ1v) is 11.6. The smallest absolute Gasteiger partial charge is 0.416 e. The summed E-state index contributed by atoms with van der Waals surface area (Å²) in [7, 11) is 0. The van der Waals surface area contributed by atoms with E-state index in [2.05, 4.69) is 36.5 Å². The zero-order valence-corrected chi connectivity index (χ0v) is 20.1. The Hall–Kier alpha value is -4.69. The molecule has 2 amide bonds. The van der Waals surface area contributed by atoms with Crippen LogP contribution >= 0.6 is 0 Å². The van der Waals surface area contributed by atoms with Gasteiger partial charge in [-0.15, -0.1) is 0 Å². The second kappa shape index (κ2) is 11.4.